The molecule has 1 heterocycles. The third-order valence-corrected chi connectivity index (χ3v) is 4.39. The quantitative estimate of drug-likeness (QED) is 0.864. The standard InChI is InChI=1S/C15H17ClFN3OS/c1-20(2)13(14-4-3-7-22-14)9-18-15(21)19-10-5-6-12(17)11(16)8-10/h3-8,13H,9H2,1-2H3,(H2,18,19,21)/t13-/m1/s1. The molecule has 0 saturated heterocycles. The molecule has 0 aliphatic carbocycles. The van der Waals surface area contributed by atoms with E-state index in [-0.39, 0.29) is 17.1 Å². The van der Waals surface area contributed by atoms with Crippen LogP contribution in [0.5, 0.6) is 0 Å². The number of urea groups is 1. The number of nitrogens with zero attached hydrogens (tertiary/aromatic N) is 1. The van der Waals surface area contributed by atoms with E-state index >= 15 is 0 Å². The van der Waals surface area contributed by atoms with E-state index in [4.69, 9.17) is 11.6 Å². The number of thiophene rings is 1. The highest BCUT2D eigenvalue weighted by Crippen LogP contribution is 2.22. The molecule has 2 aromatic rings. The van der Waals surface area contributed by atoms with Crippen LogP contribution in [0.15, 0.2) is 35.7 Å². The van der Waals surface area contributed by atoms with Crippen molar-refractivity contribution < 1.29 is 9.18 Å². The summed E-state index contributed by atoms with van der Waals surface area (Å²) in [5, 5.41) is 7.43. The Kier molecular flexibility index (Phi) is 5.76. The van der Waals surface area contributed by atoms with Crippen LogP contribution in [-0.2, 0) is 0 Å². The summed E-state index contributed by atoms with van der Waals surface area (Å²) in [7, 11) is 3.92. The number of carbonyl (C=O) groups is 1. The van der Waals surface area contributed by atoms with Crippen LogP contribution in [0, 0.1) is 5.82 Å². The molecule has 0 fully saturated rings. The smallest absolute Gasteiger partial charge is 0.319 e. The highest BCUT2D eigenvalue weighted by Gasteiger charge is 2.16. The molecule has 1 atom stereocenters. The van der Waals surface area contributed by atoms with Gasteiger partial charge in [-0.25, -0.2) is 9.18 Å². The van der Waals surface area contributed by atoms with Crippen molar-refractivity contribution in [3.63, 3.8) is 0 Å². The molecule has 7 heteroatoms. The van der Waals surface area contributed by atoms with Crippen molar-refractivity contribution in [3.8, 4) is 0 Å². The van der Waals surface area contributed by atoms with Gasteiger partial charge in [-0.05, 0) is 43.7 Å². The van der Waals surface area contributed by atoms with Gasteiger partial charge in [0.15, 0.2) is 0 Å². The number of carbonyl (C=O) groups excluding carboxylic acids is 1. The monoisotopic (exact) mass is 341 g/mol. The zero-order valence-electron chi connectivity index (χ0n) is 12.3. The van der Waals surface area contributed by atoms with Gasteiger partial charge in [-0.15, -0.1) is 11.3 Å². The van der Waals surface area contributed by atoms with Gasteiger partial charge in [-0.2, -0.15) is 0 Å². The molecular weight excluding hydrogens is 325 g/mol. The van der Waals surface area contributed by atoms with Gasteiger partial charge in [0.2, 0.25) is 0 Å². The molecule has 0 bridgehead atoms. The second-order valence-corrected chi connectivity index (χ2v) is 6.35. The topological polar surface area (TPSA) is 44.4 Å². The molecule has 2 N–H and O–H groups in total. The molecule has 0 aliphatic heterocycles. The Morgan fingerprint density at radius 1 is 1.41 bits per heavy atom. The molecular formula is C15H17ClFN3OS. The van der Waals surface area contributed by atoms with Gasteiger partial charge in [0.05, 0.1) is 11.1 Å². The number of benzene rings is 1. The summed E-state index contributed by atoms with van der Waals surface area (Å²) in [6, 6.07) is 7.81. The lowest BCUT2D eigenvalue weighted by molar-refractivity contribution is 0.244. The first-order valence-electron chi connectivity index (χ1n) is 6.67. The zero-order valence-corrected chi connectivity index (χ0v) is 13.8. The lowest BCUT2D eigenvalue weighted by atomic mass is 10.2. The van der Waals surface area contributed by atoms with E-state index in [2.05, 4.69) is 10.6 Å². The normalized spacial score (nSPS) is 12.2. The van der Waals surface area contributed by atoms with Gasteiger partial charge in [0.1, 0.15) is 5.82 Å². The lowest BCUT2D eigenvalue weighted by Crippen LogP contribution is -2.36. The maximum Gasteiger partial charge on any atom is 0.319 e. The molecule has 2 rings (SSSR count). The second kappa shape index (κ2) is 7.58. The molecule has 4 nitrogen and oxygen atoms in total. The summed E-state index contributed by atoms with van der Waals surface area (Å²) in [4.78, 5) is 15.1. The van der Waals surface area contributed by atoms with Gasteiger partial charge in [-0.1, -0.05) is 17.7 Å². The van der Waals surface area contributed by atoms with Gasteiger partial charge >= 0.3 is 6.03 Å². The Morgan fingerprint density at radius 3 is 2.77 bits per heavy atom. The molecule has 0 unspecified atom stereocenters. The van der Waals surface area contributed by atoms with Crippen LogP contribution in [-0.4, -0.2) is 31.6 Å². The second-order valence-electron chi connectivity index (χ2n) is 4.96. The number of halogens is 2. The Bertz CT molecular complexity index is 634. The van der Waals surface area contributed by atoms with E-state index in [9.17, 15) is 9.18 Å². The van der Waals surface area contributed by atoms with Crippen LogP contribution < -0.4 is 10.6 Å². The van der Waals surface area contributed by atoms with Crippen LogP contribution in [0.3, 0.4) is 0 Å². The minimum absolute atomic E-state index is 0.0254. The third kappa shape index (κ3) is 4.43. The number of hydrogen-bond donors (Lipinski definition) is 2. The average molecular weight is 342 g/mol. The van der Waals surface area contributed by atoms with Crippen molar-refractivity contribution >= 4 is 34.7 Å². The molecule has 0 radical (unpaired) electrons. The predicted molar refractivity (Wildman–Crippen MR) is 89.2 cm³/mol. The molecule has 0 spiro atoms. The summed E-state index contributed by atoms with van der Waals surface area (Å²) < 4.78 is 13.1. The number of hydrogen-bond acceptors (Lipinski definition) is 3. The Morgan fingerprint density at radius 2 is 2.18 bits per heavy atom. The maximum absolute atomic E-state index is 13.1. The lowest BCUT2D eigenvalue weighted by Gasteiger charge is -2.23. The number of likely N-dealkylation sites (N-methyl/N-ethyl adjacent to an activating group) is 1. The van der Waals surface area contributed by atoms with Crippen molar-refractivity contribution in [1.82, 2.24) is 10.2 Å². The number of nitrogens with one attached hydrogen (secondary N) is 2. The van der Waals surface area contributed by atoms with Crippen LogP contribution in [0.1, 0.15) is 10.9 Å². The SMILES string of the molecule is CN(C)[C@H](CNC(=O)Nc1ccc(F)c(Cl)c1)c1cccs1. The van der Waals surface area contributed by atoms with Crippen molar-refractivity contribution in [2.45, 2.75) is 6.04 Å². The van der Waals surface area contributed by atoms with E-state index < -0.39 is 5.82 Å². The third-order valence-electron chi connectivity index (χ3n) is 3.13. The number of anilines is 1. The van der Waals surface area contributed by atoms with E-state index in [0.29, 0.717) is 12.2 Å². The molecule has 0 saturated carbocycles. The van der Waals surface area contributed by atoms with Crippen LogP contribution in [0.2, 0.25) is 5.02 Å². The summed E-state index contributed by atoms with van der Waals surface area (Å²) in [6.07, 6.45) is 0. The fourth-order valence-electron chi connectivity index (χ4n) is 1.96. The van der Waals surface area contributed by atoms with Crippen LogP contribution in [0.4, 0.5) is 14.9 Å². The minimum atomic E-state index is -0.516. The number of amides is 2. The largest absolute Gasteiger partial charge is 0.336 e. The van der Waals surface area contributed by atoms with Gasteiger partial charge < -0.3 is 15.5 Å². The summed E-state index contributed by atoms with van der Waals surface area (Å²) >= 11 is 7.33. The van der Waals surface area contributed by atoms with Crippen molar-refractivity contribution in [2.75, 3.05) is 26.0 Å². The zero-order chi connectivity index (χ0) is 16.1. The van der Waals surface area contributed by atoms with Gasteiger partial charge in [0, 0.05) is 17.1 Å². The first-order chi connectivity index (χ1) is 10.5. The fraction of sp³-hybridized carbons (Fsp3) is 0.267. The highest BCUT2D eigenvalue weighted by molar-refractivity contribution is 7.10. The average Bonchev–Trinajstić information content (AvgIpc) is 2.97. The fourth-order valence-corrected chi connectivity index (χ4v) is 3.06. The molecule has 1 aromatic heterocycles. The Hall–Kier alpha value is -1.63. The summed E-state index contributed by atoms with van der Waals surface area (Å²) in [6.45, 7) is 0.467. The first kappa shape index (κ1) is 16.7. The predicted octanol–water partition coefficient (Wildman–Crippen LogP) is 3.97. The van der Waals surface area contributed by atoms with Crippen LogP contribution >= 0.6 is 22.9 Å². The van der Waals surface area contributed by atoms with Crippen LogP contribution in [0.25, 0.3) is 0 Å². The van der Waals surface area contributed by atoms with Crippen molar-refractivity contribution in [2.24, 2.45) is 0 Å². The Balaban J connectivity index is 1.92. The summed E-state index contributed by atoms with van der Waals surface area (Å²) in [5.74, 6) is -0.516. The molecule has 22 heavy (non-hydrogen) atoms. The minimum Gasteiger partial charge on any atom is -0.336 e. The van der Waals surface area contributed by atoms with Crippen molar-refractivity contribution in [1.29, 1.82) is 0 Å². The highest BCUT2D eigenvalue weighted by atomic mass is 35.5. The maximum atomic E-state index is 13.1. The van der Waals surface area contributed by atoms with E-state index in [0.717, 1.165) is 0 Å². The molecule has 1 aromatic carbocycles. The molecule has 118 valence electrons. The van der Waals surface area contributed by atoms with E-state index in [1.165, 1.54) is 23.1 Å². The van der Waals surface area contributed by atoms with Gasteiger partial charge in [0.25, 0.3) is 0 Å². The molecule has 0 aliphatic rings. The van der Waals surface area contributed by atoms with Crippen molar-refractivity contribution in [3.05, 3.63) is 51.4 Å². The van der Waals surface area contributed by atoms with E-state index in [1.807, 2.05) is 36.5 Å². The molecule has 2 amide bonds. The number of rotatable bonds is 5. The van der Waals surface area contributed by atoms with E-state index in [1.54, 1.807) is 11.3 Å². The van der Waals surface area contributed by atoms with Gasteiger partial charge in [-0.3, -0.25) is 0 Å². The first-order valence-corrected chi connectivity index (χ1v) is 7.93. The summed E-state index contributed by atoms with van der Waals surface area (Å²) in [5.41, 5.74) is 0.446. The Labute approximate surface area is 137 Å².